The van der Waals surface area contributed by atoms with E-state index in [1.165, 1.54) is 6.07 Å². The summed E-state index contributed by atoms with van der Waals surface area (Å²) >= 11 is 5.72. The van der Waals surface area contributed by atoms with Crippen LogP contribution in [0.15, 0.2) is 18.2 Å². The van der Waals surface area contributed by atoms with E-state index in [1.807, 2.05) is 4.57 Å². The highest BCUT2D eigenvalue weighted by Gasteiger charge is 2.13. The number of amides is 2. The number of urea groups is 1. The molecule has 0 aliphatic heterocycles. The minimum absolute atomic E-state index is 0.321. The van der Waals surface area contributed by atoms with Gasteiger partial charge in [-0.25, -0.2) is 14.2 Å². The van der Waals surface area contributed by atoms with Gasteiger partial charge < -0.3 is 15.6 Å². The molecule has 0 bridgehead atoms. The lowest BCUT2D eigenvalue weighted by atomic mass is 10.3. The van der Waals surface area contributed by atoms with Gasteiger partial charge in [0, 0.05) is 25.4 Å². The van der Waals surface area contributed by atoms with Gasteiger partial charge in [0.15, 0.2) is 5.82 Å². The first-order valence-electron chi connectivity index (χ1n) is 5.86. The lowest BCUT2D eigenvalue weighted by Crippen LogP contribution is -2.32. The predicted octanol–water partition coefficient (Wildman–Crippen LogP) is 1.62. The molecule has 1 aromatic carbocycles. The van der Waals surface area contributed by atoms with Crippen molar-refractivity contribution < 1.29 is 9.18 Å². The van der Waals surface area contributed by atoms with Gasteiger partial charge in [0.25, 0.3) is 0 Å². The van der Waals surface area contributed by atoms with Crippen molar-refractivity contribution in [2.75, 3.05) is 12.4 Å². The van der Waals surface area contributed by atoms with Gasteiger partial charge in [0.05, 0.1) is 5.52 Å². The molecule has 1 aromatic heterocycles. The Hall–Kier alpha value is -1.82. The molecule has 102 valence electrons. The van der Waals surface area contributed by atoms with Crippen LogP contribution in [-0.2, 0) is 13.0 Å². The van der Waals surface area contributed by atoms with Crippen molar-refractivity contribution >= 4 is 28.7 Å². The van der Waals surface area contributed by atoms with Crippen molar-refractivity contribution in [1.29, 1.82) is 0 Å². The molecular weight excluding hydrogens is 271 g/mol. The molecule has 1 heterocycles. The molecular formula is C12H14ClFN4O. The molecule has 3 N–H and O–H groups in total. The first kappa shape index (κ1) is 13.6. The molecule has 2 rings (SSSR count). The SMILES string of the molecule is NC(=O)NCCn1c(CCCl)nc2c(F)cccc21. The Labute approximate surface area is 114 Å². The Morgan fingerprint density at radius 3 is 3.00 bits per heavy atom. The van der Waals surface area contributed by atoms with Gasteiger partial charge in [-0.1, -0.05) is 6.07 Å². The van der Waals surface area contributed by atoms with Crippen LogP contribution in [0.4, 0.5) is 9.18 Å². The van der Waals surface area contributed by atoms with Crippen molar-refractivity contribution in [3.05, 3.63) is 29.8 Å². The third-order valence-corrected chi connectivity index (χ3v) is 2.95. The standard InChI is InChI=1S/C12H14ClFN4O/c13-5-4-10-17-11-8(14)2-1-3-9(11)18(10)7-6-16-12(15)19/h1-3H,4-7H2,(H3,15,16,19). The zero-order valence-electron chi connectivity index (χ0n) is 10.2. The largest absolute Gasteiger partial charge is 0.352 e. The zero-order valence-corrected chi connectivity index (χ0v) is 11.0. The maximum absolute atomic E-state index is 13.7. The molecule has 0 spiro atoms. The minimum Gasteiger partial charge on any atom is -0.352 e. The number of aromatic nitrogens is 2. The van der Waals surface area contributed by atoms with Crippen LogP contribution in [0.2, 0.25) is 0 Å². The fraction of sp³-hybridized carbons (Fsp3) is 0.333. The molecule has 5 nitrogen and oxygen atoms in total. The van der Waals surface area contributed by atoms with E-state index in [1.54, 1.807) is 12.1 Å². The number of halogens is 2. The number of nitrogens with one attached hydrogen (secondary N) is 1. The second-order valence-corrected chi connectivity index (χ2v) is 4.40. The number of imidazole rings is 1. The second-order valence-electron chi connectivity index (χ2n) is 4.02. The van der Waals surface area contributed by atoms with Gasteiger partial charge in [-0.3, -0.25) is 0 Å². The predicted molar refractivity (Wildman–Crippen MR) is 71.7 cm³/mol. The number of benzene rings is 1. The fourth-order valence-electron chi connectivity index (χ4n) is 1.98. The van der Waals surface area contributed by atoms with Crippen LogP contribution in [0, 0.1) is 5.82 Å². The fourth-order valence-corrected chi connectivity index (χ4v) is 2.15. The molecule has 0 radical (unpaired) electrons. The number of nitrogens with two attached hydrogens (primary N) is 1. The van der Waals surface area contributed by atoms with Crippen molar-refractivity contribution in [2.45, 2.75) is 13.0 Å². The number of carbonyl (C=O) groups excluding carboxylic acids is 1. The minimum atomic E-state index is -0.588. The van der Waals surface area contributed by atoms with Crippen molar-refractivity contribution in [3.8, 4) is 0 Å². The van der Waals surface area contributed by atoms with Gasteiger partial charge in [0.1, 0.15) is 11.3 Å². The van der Waals surface area contributed by atoms with Gasteiger partial charge in [-0.15, -0.1) is 11.6 Å². The molecule has 2 aromatic rings. The molecule has 0 saturated carbocycles. The quantitative estimate of drug-likeness (QED) is 0.819. The topological polar surface area (TPSA) is 72.9 Å². The molecule has 7 heteroatoms. The van der Waals surface area contributed by atoms with E-state index in [0.717, 1.165) is 0 Å². The summed E-state index contributed by atoms with van der Waals surface area (Å²) in [5, 5.41) is 2.50. The number of rotatable bonds is 5. The summed E-state index contributed by atoms with van der Waals surface area (Å²) in [6.45, 7) is 0.821. The van der Waals surface area contributed by atoms with Crippen molar-refractivity contribution in [1.82, 2.24) is 14.9 Å². The number of para-hydroxylation sites is 1. The van der Waals surface area contributed by atoms with E-state index in [9.17, 15) is 9.18 Å². The normalized spacial score (nSPS) is 10.8. The third-order valence-electron chi connectivity index (χ3n) is 2.76. The summed E-state index contributed by atoms with van der Waals surface area (Å²) in [7, 11) is 0. The molecule has 0 aliphatic carbocycles. The van der Waals surface area contributed by atoms with E-state index in [4.69, 9.17) is 17.3 Å². The summed E-state index contributed by atoms with van der Waals surface area (Å²) in [4.78, 5) is 14.9. The second kappa shape index (κ2) is 5.88. The summed E-state index contributed by atoms with van der Waals surface area (Å²) in [6.07, 6.45) is 0.534. The van der Waals surface area contributed by atoms with E-state index in [-0.39, 0.29) is 5.82 Å². The highest BCUT2D eigenvalue weighted by molar-refractivity contribution is 6.17. The van der Waals surface area contributed by atoms with E-state index >= 15 is 0 Å². The summed E-state index contributed by atoms with van der Waals surface area (Å²) in [5.41, 5.74) is 6.02. The van der Waals surface area contributed by atoms with Gasteiger partial charge in [0.2, 0.25) is 0 Å². The summed E-state index contributed by atoms with van der Waals surface area (Å²) < 4.78 is 15.5. The Balaban J connectivity index is 2.35. The Morgan fingerprint density at radius 1 is 1.53 bits per heavy atom. The number of aryl methyl sites for hydroxylation is 1. The van der Waals surface area contributed by atoms with Crippen LogP contribution in [0.3, 0.4) is 0 Å². The first-order valence-corrected chi connectivity index (χ1v) is 6.40. The molecule has 0 saturated heterocycles. The van der Waals surface area contributed by atoms with Crippen LogP contribution in [0.5, 0.6) is 0 Å². The number of alkyl halides is 1. The van der Waals surface area contributed by atoms with Gasteiger partial charge >= 0.3 is 6.03 Å². The molecule has 0 aliphatic rings. The van der Waals surface area contributed by atoms with Crippen LogP contribution < -0.4 is 11.1 Å². The van der Waals surface area contributed by atoms with Crippen molar-refractivity contribution in [2.24, 2.45) is 5.73 Å². The Bertz CT molecular complexity index is 599. The number of hydrogen-bond donors (Lipinski definition) is 2. The average Bonchev–Trinajstić information content (AvgIpc) is 2.70. The number of hydrogen-bond acceptors (Lipinski definition) is 2. The summed E-state index contributed by atoms with van der Waals surface area (Å²) in [5.74, 6) is 0.727. The number of primary amides is 1. The molecule has 0 unspecified atom stereocenters. The third kappa shape index (κ3) is 2.96. The molecule has 2 amide bonds. The highest BCUT2D eigenvalue weighted by atomic mass is 35.5. The van der Waals surface area contributed by atoms with E-state index in [0.29, 0.717) is 42.2 Å². The number of nitrogens with zero attached hydrogens (tertiary/aromatic N) is 2. The highest BCUT2D eigenvalue weighted by Crippen LogP contribution is 2.19. The summed E-state index contributed by atoms with van der Waals surface area (Å²) in [6, 6.07) is 4.19. The van der Waals surface area contributed by atoms with E-state index in [2.05, 4.69) is 10.3 Å². The zero-order chi connectivity index (χ0) is 13.8. The molecule has 0 fully saturated rings. The maximum atomic E-state index is 13.7. The van der Waals surface area contributed by atoms with Crippen LogP contribution in [0.1, 0.15) is 5.82 Å². The Morgan fingerprint density at radius 2 is 2.32 bits per heavy atom. The van der Waals surface area contributed by atoms with Gasteiger partial charge in [-0.05, 0) is 12.1 Å². The smallest absolute Gasteiger partial charge is 0.312 e. The number of fused-ring (bicyclic) bond motifs is 1. The maximum Gasteiger partial charge on any atom is 0.312 e. The first-order chi connectivity index (χ1) is 9.13. The monoisotopic (exact) mass is 284 g/mol. The van der Waals surface area contributed by atoms with Crippen LogP contribution >= 0.6 is 11.6 Å². The number of carbonyl (C=O) groups is 1. The van der Waals surface area contributed by atoms with Gasteiger partial charge in [-0.2, -0.15) is 0 Å². The van der Waals surface area contributed by atoms with Crippen LogP contribution in [-0.4, -0.2) is 28.0 Å². The molecule has 0 atom stereocenters. The average molecular weight is 285 g/mol. The lowest BCUT2D eigenvalue weighted by Gasteiger charge is -2.08. The van der Waals surface area contributed by atoms with Crippen molar-refractivity contribution in [3.63, 3.8) is 0 Å². The Kier molecular flexibility index (Phi) is 4.21. The van der Waals surface area contributed by atoms with Crippen LogP contribution in [0.25, 0.3) is 11.0 Å². The van der Waals surface area contributed by atoms with E-state index < -0.39 is 6.03 Å². The lowest BCUT2D eigenvalue weighted by molar-refractivity contribution is 0.248. The molecule has 19 heavy (non-hydrogen) atoms.